The Balaban J connectivity index is 2.98. The third-order valence-corrected chi connectivity index (χ3v) is 3.56. The van der Waals surface area contributed by atoms with Gasteiger partial charge in [-0.15, -0.1) is 0 Å². The first-order chi connectivity index (χ1) is 10.8. The summed E-state index contributed by atoms with van der Waals surface area (Å²) in [5.41, 5.74) is 5.87. The SMILES string of the molecule is CCOC(=O)C(=NOC)C(N)=NOS(=O)(=O)c1ccc(C)cc1. The van der Waals surface area contributed by atoms with Crippen molar-refractivity contribution in [3.8, 4) is 0 Å². The number of oxime groups is 2. The molecule has 0 fully saturated rings. The number of esters is 1. The van der Waals surface area contributed by atoms with Crippen LogP contribution in [0.15, 0.2) is 39.5 Å². The van der Waals surface area contributed by atoms with Crippen LogP contribution in [0.1, 0.15) is 12.5 Å². The maximum atomic E-state index is 12.0. The van der Waals surface area contributed by atoms with Gasteiger partial charge in [0.15, 0.2) is 0 Å². The molecule has 1 aromatic carbocycles. The molecule has 126 valence electrons. The molecule has 0 bridgehead atoms. The van der Waals surface area contributed by atoms with Crippen LogP contribution in [0.5, 0.6) is 0 Å². The molecule has 0 amide bonds. The summed E-state index contributed by atoms with van der Waals surface area (Å²) in [6.07, 6.45) is 0. The molecule has 0 radical (unpaired) electrons. The van der Waals surface area contributed by atoms with E-state index >= 15 is 0 Å². The number of aryl methyl sites for hydroxylation is 1. The molecule has 9 nitrogen and oxygen atoms in total. The molecular weight excluding hydrogens is 326 g/mol. The standard InChI is InChI=1S/C13H17N3O6S/c1-4-21-13(17)11(15-20-3)12(14)16-22-23(18,19)10-7-5-9(2)6-8-10/h5-8H,4H2,1-3H3,(H2,14,16). The lowest BCUT2D eigenvalue weighted by molar-refractivity contribution is -0.135. The molecule has 0 saturated heterocycles. The normalized spacial score (nSPS) is 12.7. The summed E-state index contributed by atoms with van der Waals surface area (Å²) in [4.78, 5) is 15.9. The fraction of sp³-hybridized carbons (Fsp3) is 0.308. The zero-order valence-electron chi connectivity index (χ0n) is 12.8. The summed E-state index contributed by atoms with van der Waals surface area (Å²) in [6.45, 7) is 3.45. The number of amidine groups is 1. The van der Waals surface area contributed by atoms with E-state index in [1.54, 1.807) is 26.0 Å². The van der Waals surface area contributed by atoms with Crippen LogP contribution in [-0.2, 0) is 28.8 Å². The highest BCUT2D eigenvalue weighted by molar-refractivity contribution is 7.86. The van der Waals surface area contributed by atoms with Crippen molar-refractivity contribution < 1.29 is 27.1 Å². The molecule has 1 aromatic rings. The van der Waals surface area contributed by atoms with Gasteiger partial charge in [0.05, 0.1) is 6.61 Å². The highest BCUT2D eigenvalue weighted by Crippen LogP contribution is 2.13. The highest BCUT2D eigenvalue weighted by Gasteiger charge is 2.21. The van der Waals surface area contributed by atoms with Crippen molar-refractivity contribution in [1.29, 1.82) is 0 Å². The number of carbonyl (C=O) groups excluding carboxylic acids is 1. The maximum absolute atomic E-state index is 12.0. The summed E-state index contributed by atoms with van der Waals surface area (Å²) in [5, 5.41) is 6.55. The van der Waals surface area contributed by atoms with Gasteiger partial charge in [0.25, 0.3) is 0 Å². The number of benzene rings is 1. The minimum absolute atomic E-state index is 0.0668. The molecule has 23 heavy (non-hydrogen) atoms. The van der Waals surface area contributed by atoms with Gasteiger partial charge >= 0.3 is 16.1 Å². The van der Waals surface area contributed by atoms with Crippen molar-refractivity contribution in [2.24, 2.45) is 16.0 Å². The number of rotatable bonds is 7. The summed E-state index contributed by atoms with van der Waals surface area (Å²) < 4.78 is 33.1. The van der Waals surface area contributed by atoms with E-state index in [9.17, 15) is 13.2 Å². The number of hydrogen-bond acceptors (Lipinski definition) is 8. The number of nitrogens with zero attached hydrogens (tertiary/aromatic N) is 2. The van der Waals surface area contributed by atoms with E-state index in [4.69, 9.17) is 10.5 Å². The van der Waals surface area contributed by atoms with E-state index in [0.717, 1.165) is 5.56 Å². The van der Waals surface area contributed by atoms with Crippen LogP contribution in [0.4, 0.5) is 0 Å². The van der Waals surface area contributed by atoms with Crippen LogP contribution in [0.25, 0.3) is 0 Å². The van der Waals surface area contributed by atoms with Crippen LogP contribution in [0.3, 0.4) is 0 Å². The predicted octanol–water partition coefficient (Wildman–Crippen LogP) is 0.538. The second-order valence-electron chi connectivity index (χ2n) is 4.16. The lowest BCUT2D eigenvalue weighted by Crippen LogP contribution is -2.33. The van der Waals surface area contributed by atoms with Gasteiger partial charge in [0.2, 0.25) is 11.5 Å². The van der Waals surface area contributed by atoms with E-state index in [1.807, 2.05) is 0 Å². The quantitative estimate of drug-likeness (QED) is 0.331. The molecule has 1 rings (SSSR count). The largest absolute Gasteiger partial charge is 0.461 e. The third-order valence-electron chi connectivity index (χ3n) is 2.44. The van der Waals surface area contributed by atoms with E-state index in [1.165, 1.54) is 19.2 Å². The van der Waals surface area contributed by atoms with Crippen molar-refractivity contribution in [3.63, 3.8) is 0 Å². The Kier molecular flexibility index (Phi) is 6.51. The minimum Gasteiger partial charge on any atom is -0.461 e. The lowest BCUT2D eigenvalue weighted by atomic mass is 10.2. The molecule has 0 aliphatic heterocycles. The molecule has 0 heterocycles. The molecule has 2 N–H and O–H groups in total. The number of hydrogen-bond donors (Lipinski definition) is 1. The van der Waals surface area contributed by atoms with Crippen molar-refractivity contribution in [3.05, 3.63) is 29.8 Å². The Morgan fingerprint density at radius 3 is 2.35 bits per heavy atom. The second kappa shape index (κ2) is 8.13. The molecule has 0 atom stereocenters. The first-order valence-electron chi connectivity index (χ1n) is 6.44. The van der Waals surface area contributed by atoms with Crippen molar-refractivity contribution >= 4 is 27.6 Å². The number of carbonyl (C=O) groups is 1. The second-order valence-corrected chi connectivity index (χ2v) is 5.69. The smallest absolute Gasteiger partial charge is 0.364 e. The van der Waals surface area contributed by atoms with Crippen LogP contribution in [0, 0.1) is 6.92 Å². The Hall–Kier alpha value is -2.62. The molecule has 0 aromatic heterocycles. The molecule has 10 heteroatoms. The predicted molar refractivity (Wildman–Crippen MR) is 82.1 cm³/mol. The summed E-state index contributed by atoms with van der Waals surface area (Å²) in [6, 6.07) is 5.90. The zero-order chi connectivity index (χ0) is 17.5. The monoisotopic (exact) mass is 343 g/mol. The van der Waals surface area contributed by atoms with Gasteiger partial charge in [0.1, 0.15) is 12.0 Å². The molecule has 0 spiro atoms. The fourth-order valence-corrected chi connectivity index (χ4v) is 2.09. The Morgan fingerprint density at radius 1 is 1.22 bits per heavy atom. The number of nitrogens with two attached hydrogens (primary N) is 1. The average molecular weight is 343 g/mol. The Morgan fingerprint density at radius 2 is 1.83 bits per heavy atom. The van der Waals surface area contributed by atoms with Crippen LogP contribution in [-0.4, -0.2) is 39.7 Å². The van der Waals surface area contributed by atoms with Crippen molar-refractivity contribution in [1.82, 2.24) is 0 Å². The van der Waals surface area contributed by atoms with Gasteiger partial charge in [-0.3, -0.25) is 4.28 Å². The topological polar surface area (TPSA) is 130 Å². The van der Waals surface area contributed by atoms with Gasteiger partial charge in [0, 0.05) is 0 Å². The first-order valence-corrected chi connectivity index (χ1v) is 7.85. The van der Waals surface area contributed by atoms with Crippen LogP contribution in [0.2, 0.25) is 0 Å². The highest BCUT2D eigenvalue weighted by atomic mass is 32.2. The lowest BCUT2D eigenvalue weighted by Gasteiger charge is -2.05. The average Bonchev–Trinajstić information content (AvgIpc) is 2.51. The summed E-state index contributed by atoms with van der Waals surface area (Å²) in [5.74, 6) is -1.52. The molecular formula is C13H17N3O6S. The van der Waals surface area contributed by atoms with Gasteiger partial charge in [-0.05, 0) is 31.1 Å². The summed E-state index contributed by atoms with van der Waals surface area (Å²) in [7, 11) is -3.00. The molecule has 0 aliphatic carbocycles. The van der Waals surface area contributed by atoms with Crippen molar-refractivity contribution in [2.45, 2.75) is 18.7 Å². The van der Waals surface area contributed by atoms with Gasteiger partial charge < -0.3 is 15.3 Å². The third kappa shape index (κ3) is 5.25. The van der Waals surface area contributed by atoms with Crippen molar-refractivity contribution in [2.75, 3.05) is 13.7 Å². The van der Waals surface area contributed by atoms with Crippen LogP contribution < -0.4 is 5.73 Å². The van der Waals surface area contributed by atoms with Gasteiger partial charge in [-0.25, -0.2) is 4.79 Å². The summed E-state index contributed by atoms with van der Waals surface area (Å²) >= 11 is 0. The minimum atomic E-state index is -4.17. The van der Waals surface area contributed by atoms with E-state index in [0.29, 0.717) is 0 Å². The molecule has 0 saturated carbocycles. The van der Waals surface area contributed by atoms with Gasteiger partial charge in [-0.1, -0.05) is 22.9 Å². The van der Waals surface area contributed by atoms with E-state index in [-0.39, 0.29) is 11.5 Å². The Bertz CT molecular complexity index is 710. The van der Waals surface area contributed by atoms with Gasteiger partial charge in [-0.2, -0.15) is 8.42 Å². The van der Waals surface area contributed by atoms with E-state index < -0.39 is 27.6 Å². The Labute approximate surface area is 133 Å². The number of ether oxygens (including phenoxy) is 1. The van der Waals surface area contributed by atoms with Crippen LogP contribution >= 0.6 is 0 Å². The zero-order valence-corrected chi connectivity index (χ0v) is 13.7. The molecule has 0 aliphatic rings. The first kappa shape index (κ1) is 18.4. The fourth-order valence-electron chi connectivity index (χ4n) is 1.36. The van der Waals surface area contributed by atoms with E-state index in [2.05, 4.69) is 19.4 Å². The molecule has 0 unspecified atom stereocenters. The maximum Gasteiger partial charge on any atom is 0.364 e.